The summed E-state index contributed by atoms with van der Waals surface area (Å²) < 4.78 is 1.21. The van der Waals surface area contributed by atoms with Crippen LogP contribution in [0.2, 0.25) is 0 Å². The number of hydrogen-bond acceptors (Lipinski definition) is 4. The van der Waals surface area contributed by atoms with Crippen LogP contribution in [0.25, 0.3) is 11.0 Å². The second kappa shape index (κ2) is 6.86. The van der Waals surface area contributed by atoms with E-state index in [0.717, 1.165) is 5.56 Å². The first kappa shape index (κ1) is 16.9. The zero-order valence-corrected chi connectivity index (χ0v) is 14.2. The van der Waals surface area contributed by atoms with Gasteiger partial charge in [-0.3, -0.25) is 9.69 Å². The van der Waals surface area contributed by atoms with Gasteiger partial charge in [0.25, 0.3) is 5.52 Å². The van der Waals surface area contributed by atoms with Gasteiger partial charge in [-0.2, -0.15) is 0 Å². The van der Waals surface area contributed by atoms with Gasteiger partial charge in [-0.25, -0.2) is 0 Å². The maximum Gasteiger partial charge on any atom is 0.326 e. The number of fused-ring (bicyclic) bond motifs is 1. The molecular weight excluding hydrogens is 318 g/mol. The summed E-state index contributed by atoms with van der Waals surface area (Å²) in [5, 5.41) is 12.4. The number of hydrogen-bond donors (Lipinski definition) is 0. The monoisotopic (exact) mass is 337 g/mol. The molecule has 0 amide bonds. The molecule has 0 bridgehead atoms. The lowest BCUT2D eigenvalue weighted by Gasteiger charge is -2.18. The molecule has 6 nitrogen and oxygen atoms in total. The highest BCUT2D eigenvalue weighted by atomic mass is 16.5. The molecule has 128 valence electrons. The number of para-hydroxylation sites is 2. The minimum Gasteiger partial charge on any atom is -0.805 e. The molecular formula is C19H19N3O3. The van der Waals surface area contributed by atoms with Gasteiger partial charge in [-0.05, 0) is 25.6 Å². The number of ketones is 1. The number of rotatable bonds is 5. The average Bonchev–Trinajstić information content (AvgIpc) is 2.60. The highest BCUT2D eigenvalue weighted by Crippen LogP contribution is 2.14. The zero-order chi connectivity index (χ0) is 18.0. The maximum absolute atomic E-state index is 12.7. The molecule has 3 aromatic rings. The number of aromatic nitrogens is 2. The molecule has 0 saturated heterocycles. The molecule has 1 aromatic heterocycles. The van der Waals surface area contributed by atoms with Crippen LogP contribution in [0.3, 0.4) is 0 Å². The van der Waals surface area contributed by atoms with Crippen LogP contribution in [0.15, 0.2) is 54.6 Å². The third kappa shape index (κ3) is 3.29. The molecule has 0 N–H and O–H groups in total. The van der Waals surface area contributed by atoms with E-state index in [1.807, 2.05) is 42.3 Å². The Morgan fingerprint density at radius 1 is 1.12 bits per heavy atom. The fourth-order valence-electron chi connectivity index (χ4n) is 2.94. The molecule has 2 aromatic carbocycles. The van der Waals surface area contributed by atoms with E-state index in [0.29, 0.717) is 15.7 Å². The first-order valence-electron chi connectivity index (χ1n) is 7.99. The standard InChI is InChI=1S/C19H19N3O3/c1-14-19(22(25)17-11-7-6-10-16(17)21(14)24)18(23)13-20(2)12-15-8-4-3-5-9-15/h3-11H,12-13H2,1-2H3. The summed E-state index contributed by atoms with van der Waals surface area (Å²) in [6.45, 7) is 2.13. The van der Waals surface area contributed by atoms with E-state index in [1.165, 1.54) is 6.92 Å². The lowest BCUT2D eigenvalue weighted by atomic mass is 10.1. The van der Waals surface area contributed by atoms with Crippen LogP contribution >= 0.6 is 0 Å². The van der Waals surface area contributed by atoms with E-state index in [-0.39, 0.29) is 34.7 Å². The molecule has 0 unspecified atom stereocenters. The number of carbonyl (C=O) groups excluding carboxylic acids is 1. The Balaban J connectivity index is 1.91. The van der Waals surface area contributed by atoms with Gasteiger partial charge in [0.05, 0.1) is 16.7 Å². The molecule has 0 aliphatic carbocycles. The molecule has 0 fully saturated rings. The van der Waals surface area contributed by atoms with E-state index in [4.69, 9.17) is 0 Å². The summed E-state index contributed by atoms with van der Waals surface area (Å²) in [6.07, 6.45) is 0. The molecule has 0 aliphatic heterocycles. The van der Waals surface area contributed by atoms with Crippen molar-refractivity contribution in [3.8, 4) is 0 Å². The number of carbonyl (C=O) groups is 1. The average molecular weight is 337 g/mol. The van der Waals surface area contributed by atoms with Crippen LogP contribution in [0.4, 0.5) is 0 Å². The van der Waals surface area contributed by atoms with Crippen molar-refractivity contribution >= 4 is 16.8 Å². The van der Waals surface area contributed by atoms with Crippen molar-refractivity contribution in [2.75, 3.05) is 13.6 Å². The molecule has 6 heteroatoms. The van der Waals surface area contributed by atoms with Crippen molar-refractivity contribution in [1.29, 1.82) is 0 Å². The van der Waals surface area contributed by atoms with Crippen molar-refractivity contribution in [3.63, 3.8) is 0 Å². The second-order valence-corrected chi connectivity index (χ2v) is 6.09. The number of benzene rings is 2. The van der Waals surface area contributed by atoms with Crippen LogP contribution in [-0.4, -0.2) is 29.0 Å². The van der Waals surface area contributed by atoms with Crippen LogP contribution in [-0.2, 0) is 6.54 Å². The molecule has 0 aliphatic rings. The van der Waals surface area contributed by atoms with Gasteiger partial charge < -0.3 is 9.94 Å². The predicted molar refractivity (Wildman–Crippen MR) is 95.9 cm³/mol. The molecule has 0 spiro atoms. The van der Waals surface area contributed by atoms with Gasteiger partial charge in [-0.1, -0.05) is 42.5 Å². The zero-order valence-electron chi connectivity index (χ0n) is 14.2. The minimum atomic E-state index is -0.374. The van der Waals surface area contributed by atoms with E-state index in [9.17, 15) is 14.9 Å². The summed E-state index contributed by atoms with van der Waals surface area (Å²) in [5.74, 6) is -0.374. The van der Waals surface area contributed by atoms with Gasteiger partial charge in [0, 0.05) is 17.5 Å². The van der Waals surface area contributed by atoms with E-state index in [2.05, 4.69) is 0 Å². The van der Waals surface area contributed by atoms with Gasteiger partial charge in [0.1, 0.15) is 5.52 Å². The number of Topliss-reactive ketones (excluding diaryl/α,β-unsaturated/α-hetero) is 1. The smallest absolute Gasteiger partial charge is 0.326 e. The fraction of sp³-hybridized carbons (Fsp3) is 0.211. The fourth-order valence-corrected chi connectivity index (χ4v) is 2.94. The molecule has 3 rings (SSSR count). The Morgan fingerprint density at radius 3 is 2.48 bits per heavy atom. The summed E-state index contributed by atoms with van der Waals surface area (Å²) in [6, 6.07) is 16.2. The van der Waals surface area contributed by atoms with E-state index in [1.54, 1.807) is 24.3 Å². The first-order chi connectivity index (χ1) is 12.0. The normalized spacial score (nSPS) is 11.2. The van der Waals surface area contributed by atoms with Crippen LogP contribution in [0.5, 0.6) is 0 Å². The van der Waals surface area contributed by atoms with Gasteiger partial charge in [-0.15, -0.1) is 0 Å². The van der Waals surface area contributed by atoms with E-state index >= 15 is 0 Å². The Hall–Kier alpha value is -2.99. The number of nitrogens with zero attached hydrogens (tertiary/aromatic N) is 3. The predicted octanol–water partition coefficient (Wildman–Crippen LogP) is 2.52. The quantitative estimate of drug-likeness (QED) is 0.530. The summed E-state index contributed by atoms with van der Waals surface area (Å²) in [5.41, 5.74) is 1.53. The van der Waals surface area contributed by atoms with Crippen molar-refractivity contribution < 1.29 is 9.22 Å². The second-order valence-electron chi connectivity index (χ2n) is 6.09. The molecule has 1 heterocycles. The molecule has 0 saturated carbocycles. The summed E-state index contributed by atoms with van der Waals surface area (Å²) in [7, 11) is 1.81. The summed E-state index contributed by atoms with van der Waals surface area (Å²) in [4.78, 5) is 27.1. The van der Waals surface area contributed by atoms with Gasteiger partial charge in [0.2, 0.25) is 5.78 Å². The van der Waals surface area contributed by atoms with Crippen molar-refractivity contribution in [2.45, 2.75) is 13.5 Å². The first-order valence-corrected chi connectivity index (χ1v) is 7.99. The van der Waals surface area contributed by atoms with Crippen molar-refractivity contribution in [2.24, 2.45) is 0 Å². The lowest BCUT2D eigenvalue weighted by Crippen LogP contribution is -2.35. The van der Waals surface area contributed by atoms with Crippen LogP contribution < -0.4 is 4.43 Å². The third-order valence-electron chi connectivity index (χ3n) is 4.14. The highest BCUT2D eigenvalue weighted by molar-refractivity contribution is 5.96. The van der Waals surface area contributed by atoms with Crippen LogP contribution in [0, 0.1) is 17.0 Å². The molecule has 25 heavy (non-hydrogen) atoms. The topological polar surface area (TPSA) is 71.3 Å². The maximum atomic E-state index is 12.7. The van der Waals surface area contributed by atoms with Crippen LogP contribution in [0.1, 0.15) is 21.7 Å². The Morgan fingerprint density at radius 2 is 1.76 bits per heavy atom. The molecule has 0 radical (unpaired) electrons. The van der Waals surface area contributed by atoms with E-state index < -0.39 is 0 Å². The number of likely N-dealkylation sites (N-methyl/N-ethyl adjacent to an activating group) is 1. The Kier molecular flexibility index (Phi) is 4.63. The Bertz CT molecular complexity index is 980. The summed E-state index contributed by atoms with van der Waals surface area (Å²) >= 11 is 0. The van der Waals surface area contributed by atoms with Gasteiger partial charge in [0.15, 0.2) is 0 Å². The molecule has 0 atom stereocenters. The Labute approximate surface area is 145 Å². The SMILES string of the molecule is Cc1c(C(=O)CN(C)Cc2ccccc2)[n+](=O)c2ccccc2n1[O-]. The minimum absolute atomic E-state index is 0.0519. The van der Waals surface area contributed by atoms with Crippen molar-refractivity contribution in [1.82, 2.24) is 9.63 Å². The van der Waals surface area contributed by atoms with Crippen molar-refractivity contribution in [3.05, 3.63) is 81.7 Å². The van der Waals surface area contributed by atoms with Gasteiger partial charge >= 0.3 is 5.69 Å². The largest absolute Gasteiger partial charge is 0.805 e. The lowest BCUT2D eigenvalue weighted by molar-refractivity contribution is -0.468. The highest BCUT2D eigenvalue weighted by Gasteiger charge is 2.27. The third-order valence-corrected chi connectivity index (χ3v) is 4.14.